The summed E-state index contributed by atoms with van der Waals surface area (Å²) in [5, 5.41) is 0.499. The quantitative estimate of drug-likeness (QED) is 0.252. The van der Waals surface area contributed by atoms with Gasteiger partial charge in [-0.3, -0.25) is 0 Å². The van der Waals surface area contributed by atoms with Crippen molar-refractivity contribution in [3.63, 3.8) is 0 Å². The van der Waals surface area contributed by atoms with Crippen molar-refractivity contribution in [2.75, 3.05) is 17.2 Å². The number of benzene rings is 2. The van der Waals surface area contributed by atoms with E-state index >= 15 is 0 Å². The van der Waals surface area contributed by atoms with E-state index in [2.05, 4.69) is 27.6 Å². The molecule has 0 aliphatic rings. The van der Waals surface area contributed by atoms with Crippen molar-refractivity contribution >= 4 is 63.3 Å². The normalized spacial score (nSPS) is 11.5. The first-order valence-corrected chi connectivity index (χ1v) is 8.83. The molecule has 2 aromatic rings. The van der Waals surface area contributed by atoms with Gasteiger partial charge < -0.3 is 10.6 Å². The van der Waals surface area contributed by atoms with Crippen LogP contribution in [0.2, 0.25) is 0 Å². The Labute approximate surface area is 147 Å². The number of anilines is 1. The Morgan fingerprint density at radius 1 is 1.29 bits per heavy atom. The van der Waals surface area contributed by atoms with Gasteiger partial charge in [0.2, 0.25) is 5.96 Å². The molecule has 2 aromatic carbocycles. The van der Waals surface area contributed by atoms with E-state index in [-0.39, 0.29) is 0 Å². The van der Waals surface area contributed by atoms with Gasteiger partial charge in [0.15, 0.2) is 0 Å². The number of alkyl halides is 1. The Balaban J connectivity index is 2.29. The van der Waals surface area contributed by atoms with Crippen LogP contribution in [0, 0.1) is 3.57 Å². The molecule has 0 amide bonds. The van der Waals surface area contributed by atoms with Crippen LogP contribution in [0.3, 0.4) is 0 Å². The van der Waals surface area contributed by atoms with Crippen LogP contribution in [0.4, 0.5) is 11.4 Å². The summed E-state index contributed by atoms with van der Waals surface area (Å²) in [6.07, 6.45) is 0. The zero-order chi connectivity index (χ0) is 15.2. The third-order valence-electron chi connectivity index (χ3n) is 2.83. The van der Waals surface area contributed by atoms with Crippen molar-refractivity contribution in [2.24, 2.45) is 10.7 Å². The van der Waals surface area contributed by atoms with Crippen molar-refractivity contribution in [2.45, 2.75) is 4.90 Å². The maximum Gasteiger partial charge on any atom is 0.200 e. The lowest BCUT2D eigenvalue weighted by atomic mass is 10.3. The second kappa shape index (κ2) is 7.91. The molecule has 2 rings (SSSR count). The SMILES string of the molecule is CN(C(N)=Nc1cccc(I)c1)c1ccccc1SCCl. The summed E-state index contributed by atoms with van der Waals surface area (Å²) < 4.78 is 1.13. The Kier molecular flexibility index (Phi) is 6.20. The van der Waals surface area contributed by atoms with Gasteiger partial charge in [-0.1, -0.05) is 18.2 Å². The van der Waals surface area contributed by atoms with Crippen LogP contribution in [0.25, 0.3) is 0 Å². The van der Waals surface area contributed by atoms with Gasteiger partial charge in [-0.05, 0) is 52.9 Å². The number of nitrogens with zero attached hydrogens (tertiary/aromatic N) is 2. The molecule has 6 heteroatoms. The topological polar surface area (TPSA) is 41.6 Å². The Bertz CT molecular complexity index is 648. The molecular formula is C15H15ClIN3S. The molecule has 0 saturated heterocycles. The van der Waals surface area contributed by atoms with Gasteiger partial charge in [0.05, 0.1) is 16.6 Å². The summed E-state index contributed by atoms with van der Waals surface area (Å²) in [5.41, 5.74) is 7.96. The van der Waals surface area contributed by atoms with E-state index in [9.17, 15) is 0 Å². The number of halogens is 2. The second-order valence-electron chi connectivity index (χ2n) is 4.23. The fourth-order valence-electron chi connectivity index (χ4n) is 1.79. The highest BCUT2D eigenvalue weighted by molar-refractivity contribution is 14.1. The van der Waals surface area contributed by atoms with Crippen molar-refractivity contribution in [3.05, 3.63) is 52.1 Å². The number of rotatable bonds is 4. The third kappa shape index (κ3) is 4.52. The second-order valence-corrected chi connectivity index (χ2v) is 7.08. The molecule has 0 aliphatic carbocycles. The van der Waals surface area contributed by atoms with Crippen molar-refractivity contribution in [1.29, 1.82) is 0 Å². The van der Waals surface area contributed by atoms with Crippen LogP contribution in [0.5, 0.6) is 0 Å². The van der Waals surface area contributed by atoms with E-state index in [0.29, 0.717) is 11.2 Å². The summed E-state index contributed by atoms with van der Waals surface area (Å²) in [5.74, 6) is 0.444. The number of thioether (sulfide) groups is 1. The van der Waals surface area contributed by atoms with E-state index < -0.39 is 0 Å². The smallest absolute Gasteiger partial charge is 0.200 e. The minimum atomic E-state index is 0.444. The number of hydrogen-bond donors (Lipinski definition) is 1. The van der Waals surface area contributed by atoms with Crippen molar-refractivity contribution in [1.82, 2.24) is 0 Å². The van der Waals surface area contributed by atoms with Crippen LogP contribution >= 0.6 is 46.0 Å². The van der Waals surface area contributed by atoms with Crippen molar-refractivity contribution < 1.29 is 0 Å². The molecule has 2 N–H and O–H groups in total. The first kappa shape index (κ1) is 16.5. The molecule has 110 valence electrons. The average Bonchev–Trinajstić information content (AvgIpc) is 2.47. The first-order valence-electron chi connectivity index (χ1n) is 6.23. The first-order chi connectivity index (χ1) is 10.1. The van der Waals surface area contributed by atoms with E-state index in [0.717, 1.165) is 19.8 Å². The zero-order valence-electron chi connectivity index (χ0n) is 11.5. The molecule has 0 radical (unpaired) electrons. The summed E-state index contributed by atoms with van der Waals surface area (Å²) in [7, 11) is 1.90. The highest BCUT2D eigenvalue weighted by Crippen LogP contribution is 2.30. The summed E-state index contributed by atoms with van der Waals surface area (Å²) in [4.78, 5) is 7.42. The fourth-order valence-corrected chi connectivity index (χ4v) is 3.32. The Hall–Kier alpha value is -0.920. The standard InChI is InChI=1S/C15H15ClIN3S/c1-20(13-7-2-3-8-14(13)21-10-16)15(18)19-12-6-4-5-11(17)9-12/h2-9H,10H2,1H3,(H2,18,19). The van der Waals surface area contributed by atoms with E-state index in [1.54, 1.807) is 11.8 Å². The molecule has 21 heavy (non-hydrogen) atoms. The maximum atomic E-state index is 6.13. The van der Waals surface area contributed by atoms with Gasteiger partial charge in [0.1, 0.15) is 0 Å². The molecular weight excluding hydrogens is 417 g/mol. The third-order valence-corrected chi connectivity index (χ3v) is 4.60. The monoisotopic (exact) mass is 431 g/mol. The molecule has 0 heterocycles. The van der Waals surface area contributed by atoms with Crippen molar-refractivity contribution in [3.8, 4) is 0 Å². The van der Waals surface area contributed by atoms with E-state index in [1.807, 2.05) is 60.5 Å². The predicted octanol–water partition coefficient (Wildman–Crippen LogP) is 4.66. The zero-order valence-corrected chi connectivity index (χ0v) is 15.2. The van der Waals surface area contributed by atoms with E-state index in [1.165, 1.54) is 0 Å². The molecule has 0 aromatic heterocycles. The largest absolute Gasteiger partial charge is 0.369 e. The lowest BCUT2D eigenvalue weighted by molar-refractivity contribution is 1.18. The van der Waals surface area contributed by atoms with Crippen LogP contribution < -0.4 is 10.6 Å². The molecule has 0 fully saturated rings. The minimum Gasteiger partial charge on any atom is -0.369 e. The average molecular weight is 432 g/mol. The molecule has 0 bridgehead atoms. The van der Waals surface area contributed by atoms with Crippen LogP contribution in [0.1, 0.15) is 0 Å². The maximum absolute atomic E-state index is 6.13. The fraction of sp³-hybridized carbons (Fsp3) is 0.133. The van der Waals surface area contributed by atoms with Gasteiger partial charge in [-0.15, -0.1) is 23.4 Å². The summed E-state index contributed by atoms with van der Waals surface area (Å²) in [6.45, 7) is 0. The minimum absolute atomic E-state index is 0.444. The Morgan fingerprint density at radius 3 is 2.76 bits per heavy atom. The molecule has 0 aliphatic heterocycles. The number of guanidine groups is 1. The lowest BCUT2D eigenvalue weighted by Crippen LogP contribution is -2.33. The van der Waals surface area contributed by atoms with Gasteiger partial charge in [0, 0.05) is 15.5 Å². The lowest BCUT2D eigenvalue weighted by Gasteiger charge is -2.20. The number of para-hydroxylation sites is 1. The highest BCUT2D eigenvalue weighted by Gasteiger charge is 2.10. The Morgan fingerprint density at radius 2 is 2.05 bits per heavy atom. The number of nitrogens with two attached hydrogens (primary N) is 1. The highest BCUT2D eigenvalue weighted by atomic mass is 127. The number of hydrogen-bond acceptors (Lipinski definition) is 2. The molecule has 0 unspecified atom stereocenters. The molecule has 0 atom stereocenters. The van der Waals surface area contributed by atoms with Crippen LogP contribution in [0.15, 0.2) is 58.4 Å². The molecule has 0 saturated carbocycles. The van der Waals surface area contributed by atoms with Gasteiger partial charge in [-0.2, -0.15) is 0 Å². The van der Waals surface area contributed by atoms with Gasteiger partial charge in [0.25, 0.3) is 0 Å². The van der Waals surface area contributed by atoms with Crippen LogP contribution in [-0.2, 0) is 0 Å². The predicted molar refractivity (Wildman–Crippen MR) is 102 cm³/mol. The molecule has 0 spiro atoms. The van der Waals surface area contributed by atoms with Gasteiger partial charge >= 0.3 is 0 Å². The summed E-state index contributed by atoms with van der Waals surface area (Å²) in [6, 6.07) is 15.9. The van der Waals surface area contributed by atoms with E-state index in [4.69, 9.17) is 17.3 Å². The van der Waals surface area contributed by atoms with Crippen LogP contribution in [-0.4, -0.2) is 18.2 Å². The van der Waals surface area contributed by atoms with Gasteiger partial charge in [-0.25, -0.2) is 4.99 Å². The molecule has 3 nitrogen and oxygen atoms in total. The summed E-state index contributed by atoms with van der Waals surface area (Å²) >= 11 is 9.65. The number of aliphatic imine (C=N–C) groups is 1.